The summed E-state index contributed by atoms with van der Waals surface area (Å²) in [5, 5.41) is 0. The highest BCUT2D eigenvalue weighted by Gasteiger charge is 2.17. The largest absolute Gasteiger partial charge is 0.493 e. The van der Waals surface area contributed by atoms with Crippen molar-refractivity contribution in [3.05, 3.63) is 48.3 Å². The molecule has 1 heterocycles. The van der Waals surface area contributed by atoms with Crippen LogP contribution in [0.5, 0.6) is 11.5 Å². The number of nitrogens with zero attached hydrogens (tertiary/aromatic N) is 1. The van der Waals surface area contributed by atoms with Gasteiger partial charge in [-0.2, -0.15) is 8.42 Å². The minimum atomic E-state index is -3.95. The van der Waals surface area contributed by atoms with E-state index in [4.69, 9.17) is 8.92 Å². The molecule has 0 fully saturated rings. The fraction of sp³-hybridized carbons (Fsp3) is 0.200. The maximum atomic E-state index is 12.1. The van der Waals surface area contributed by atoms with Crippen molar-refractivity contribution < 1.29 is 22.1 Å². The van der Waals surface area contributed by atoms with E-state index in [1.54, 1.807) is 19.1 Å². The van der Waals surface area contributed by atoms with Crippen LogP contribution in [0.3, 0.4) is 0 Å². The molecule has 2 rings (SSSR count). The van der Waals surface area contributed by atoms with Crippen molar-refractivity contribution in [3.63, 3.8) is 0 Å². The normalized spacial score (nSPS) is 11.0. The van der Waals surface area contributed by atoms with Gasteiger partial charge in [-0.05, 0) is 36.8 Å². The maximum absolute atomic E-state index is 12.1. The molecule has 0 saturated heterocycles. The van der Waals surface area contributed by atoms with Gasteiger partial charge in [-0.25, -0.2) is 0 Å². The van der Waals surface area contributed by atoms with Crippen LogP contribution in [0.2, 0.25) is 0 Å². The molecule has 0 bridgehead atoms. The van der Waals surface area contributed by atoms with Gasteiger partial charge in [0.1, 0.15) is 22.7 Å². The SMILES string of the molecule is Cc1cc(OCCC=O)cc(OS(=O)(=O)c2cccnc2)c1. The summed E-state index contributed by atoms with van der Waals surface area (Å²) < 4.78 is 34.7. The average Bonchev–Trinajstić information content (AvgIpc) is 2.47. The summed E-state index contributed by atoms with van der Waals surface area (Å²) in [7, 11) is -3.95. The average molecular weight is 321 g/mol. The lowest BCUT2D eigenvalue weighted by Crippen LogP contribution is -2.10. The van der Waals surface area contributed by atoms with E-state index in [9.17, 15) is 13.2 Å². The first-order valence-electron chi connectivity index (χ1n) is 6.54. The predicted octanol–water partition coefficient (Wildman–Crippen LogP) is 2.13. The van der Waals surface area contributed by atoms with Crippen LogP contribution in [0, 0.1) is 6.92 Å². The third kappa shape index (κ3) is 4.29. The standard InChI is InChI=1S/C15H15NO5S/c1-12-8-13(20-7-3-6-17)10-14(9-12)21-22(18,19)15-4-2-5-16-11-15/h2,4-6,8-11H,3,7H2,1H3. The Hall–Kier alpha value is -2.41. The van der Waals surface area contributed by atoms with E-state index in [0.29, 0.717) is 5.75 Å². The maximum Gasteiger partial charge on any atom is 0.340 e. The summed E-state index contributed by atoms with van der Waals surface area (Å²) in [4.78, 5) is 14.0. The monoisotopic (exact) mass is 321 g/mol. The highest BCUT2D eigenvalue weighted by Crippen LogP contribution is 2.25. The Balaban J connectivity index is 2.20. The van der Waals surface area contributed by atoms with Gasteiger partial charge >= 0.3 is 10.1 Å². The molecule has 1 aromatic carbocycles. The molecule has 0 atom stereocenters. The molecule has 6 nitrogen and oxygen atoms in total. The van der Waals surface area contributed by atoms with E-state index in [1.165, 1.54) is 30.6 Å². The van der Waals surface area contributed by atoms with Crippen molar-refractivity contribution in [1.82, 2.24) is 4.98 Å². The van der Waals surface area contributed by atoms with Gasteiger partial charge in [-0.1, -0.05) is 0 Å². The minimum Gasteiger partial charge on any atom is -0.493 e. The number of rotatable bonds is 7. The Kier molecular flexibility index (Phi) is 5.11. The molecule has 1 aromatic heterocycles. The lowest BCUT2D eigenvalue weighted by atomic mass is 10.2. The fourth-order valence-electron chi connectivity index (χ4n) is 1.74. The van der Waals surface area contributed by atoms with Gasteiger partial charge in [0, 0.05) is 24.9 Å². The number of hydrogen-bond donors (Lipinski definition) is 0. The number of hydrogen-bond acceptors (Lipinski definition) is 6. The van der Waals surface area contributed by atoms with Crippen LogP contribution in [0.15, 0.2) is 47.6 Å². The highest BCUT2D eigenvalue weighted by atomic mass is 32.2. The Morgan fingerprint density at radius 3 is 2.68 bits per heavy atom. The Bertz CT molecular complexity index is 744. The molecule has 0 radical (unpaired) electrons. The number of benzene rings is 1. The molecule has 0 saturated carbocycles. The van der Waals surface area contributed by atoms with Crippen molar-refractivity contribution in [3.8, 4) is 11.5 Å². The Morgan fingerprint density at radius 2 is 2.00 bits per heavy atom. The number of aldehydes is 1. The molecule has 0 N–H and O–H groups in total. The third-order valence-corrected chi connectivity index (χ3v) is 3.89. The van der Waals surface area contributed by atoms with E-state index in [0.717, 1.165) is 11.8 Å². The quantitative estimate of drug-likeness (QED) is 0.441. The first-order valence-corrected chi connectivity index (χ1v) is 7.95. The van der Waals surface area contributed by atoms with Gasteiger partial charge in [0.2, 0.25) is 0 Å². The Morgan fingerprint density at radius 1 is 1.23 bits per heavy atom. The number of carbonyl (C=O) groups is 1. The second kappa shape index (κ2) is 7.04. The summed E-state index contributed by atoms with van der Waals surface area (Å²) in [6.07, 6.45) is 3.70. The van der Waals surface area contributed by atoms with Gasteiger partial charge in [0.25, 0.3) is 0 Å². The highest BCUT2D eigenvalue weighted by molar-refractivity contribution is 7.87. The molecule has 0 spiro atoms. The second-order valence-corrected chi connectivity index (χ2v) is 6.06. The van der Waals surface area contributed by atoms with Crippen LogP contribution in [0.25, 0.3) is 0 Å². The molecule has 116 valence electrons. The zero-order chi connectivity index (χ0) is 16.0. The Labute approximate surface area is 128 Å². The van der Waals surface area contributed by atoms with E-state index >= 15 is 0 Å². The summed E-state index contributed by atoms with van der Waals surface area (Å²) >= 11 is 0. The fourth-order valence-corrected chi connectivity index (χ4v) is 2.62. The predicted molar refractivity (Wildman–Crippen MR) is 79.4 cm³/mol. The third-order valence-electron chi connectivity index (χ3n) is 2.66. The van der Waals surface area contributed by atoms with E-state index < -0.39 is 10.1 Å². The summed E-state index contributed by atoms with van der Waals surface area (Å²) in [5.74, 6) is 0.586. The van der Waals surface area contributed by atoms with E-state index in [-0.39, 0.29) is 23.7 Å². The number of pyridine rings is 1. The molecule has 0 amide bonds. The molecule has 0 aliphatic rings. The van der Waals surface area contributed by atoms with E-state index in [2.05, 4.69) is 4.98 Å². The van der Waals surface area contributed by atoms with Gasteiger partial charge in [0.05, 0.1) is 6.61 Å². The number of ether oxygens (including phenoxy) is 1. The van der Waals surface area contributed by atoms with Crippen molar-refractivity contribution >= 4 is 16.4 Å². The first-order chi connectivity index (χ1) is 10.5. The molecule has 0 unspecified atom stereocenters. The van der Waals surface area contributed by atoms with Crippen LogP contribution >= 0.6 is 0 Å². The molecule has 2 aromatic rings. The lowest BCUT2D eigenvalue weighted by Gasteiger charge is -2.10. The summed E-state index contributed by atoms with van der Waals surface area (Å²) in [6, 6.07) is 7.70. The molecule has 7 heteroatoms. The molecular weight excluding hydrogens is 306 g/mol. The number of carbonyl (C=O) groups excluding carboxylic acids is 1. The van der Waals surface area contributed by atoms with Crippen molar-refractivity contribution in [2.45, 2.75) is 18.2 Å². The van der Waals surface area contributed by atoms with Crippen molar-refractivity contribution in [2.75, 3.05) is 6.61 Å². The second-order valence-electron chi connectivity index (χ2n) is 4.51. The lowest BCUT2D eigenvalue weighted by molar-refractivity contribution is -0.108. The molecule has 0 aliphatic carbocycles. The number of aryl methyl sites for hydroxylation is 1. The molecule has 22 heavy (non-hydrogen) atoms. The van der Waals surface area contributed by atoms with Crippen molar-refractivity contribution in [1.29, 1.82) is 0 Å². The molecular formula is C15H15NO5S. The van der Waals surface area contributed by atoms with Crippen LogP contribution in [0.4, 0.5) is 0 Å². The first kappa shape index (κ1) is 16.0. The molecule has 0 aliphatic heterocycles. The zero-order valence-corrected chi connectivity index (χ0v) is 12.7. The summed E-state index contributed by atoms with van der Waals surface area (Å²) in [6.45, 7) is 2.01. The van der Waals surface area contributed by atoms with Crippen LogP contribution in [0.1, 0.15) is 12.0 Å². The van der Waals surface area contributed by atoms with Crippen molar-refractivity contribution in [2.24, 2.45) is 0 Å². The van der Waals surface area contributed by atoms with Gasteiger partial charge in [-0.3, -0.25) is 4.98 Å². The van der Waals surface area contributed by atoms with Gasteiger partial charge in [-0.15, -0.1) is 0 Å². The zero-order valence-electron chi connectivity index (χ0n) is 11.9. The minimum absolute atomic E-state index is 0.0278. The van der Waals surface area contributed by atoms with E-state index in [1.807, 2.05) is 0 Å². The topological polar surface area (TPSA) is 82.6 Å². The van der Waals surface area contributed by atoms with Gasteiger partial charge in [0.15, 0.2) is 0 Å². The van der Waals surface area contributed by atoms with Crippen LogP contribution < -0.4 is 8.92 Å². The smallest absolute Gasteiger partial charge is 0.340 e. The summed E-state index contributed by atoms with van der Waals surface area (Å²) in [5.41, 5.74) is 0.778. The van der Waals surface area contributed by atoms with Gasteiger partial charge < -0.3 is 13.7 Å². The van der Waals surface area contributed by atoms with Crippen LogP contribution in [-0.4, -0.2) is 26.3 Å². The van der Waals surface area contributed by atoms with Crippen LogP contribution in [-0.2, 0) is 14.9 Å². The number of aromatic nitrogens is 1.